The number of hydrogen-bond donors (Lipinski definition) is 1. The Bertz CT molecular complexity index is 954. The SMILES string of the molecule is CCOc1cc([C@@H](C[N+](=O)[O-])c2c[nH]c3ccccc23)cc(Br)c1OCC. The molecular formula is C20H21BrN2O4. The highest BCUT2D eigenvalue weighted by Gasteiger charge is 2.26. The number of para-hydroxylation sites is 1. The Morgan fingerprint density at radius 3 is 2.63 bits per heavy atom. The van der Waals surface area contributed by atoms with Crippen LogP contribution < -0.4 is 9.47 Å². The zero-order valence-corrected chi connectivity index (χ0v) is 16.8. The number of H-pyrrole nitrogens is 1. The molecule has 0 radical (unpaired) electrons. The molecule has 1 N–H and O–H groups in total. The van der Waals surface area contributed by atoms with Crippen molar-refractivity contribution in [2.45, 2.75) is 19.8 Å². The predicted octanol–water partition coefficient (Wildman–Crippen LogP) is 5.14. The van der Waals surface area contributed by atoms with Gasteiger partial charge in [0.15, 0.2) is 11.5 Å². The van der Waals surface area contributed by atoms with E-state index >= 15 is 0 Å². The molecule has 0 aliphatic heterocycles. The Hall–Kier alpha value is -2.54. The molecule has 0 amide bonds. The summed E-state index contributed by atoms with van der Waals surface area (Å²) in [5.41, 5.74) is 2.65. The molecule has 142 valence electrons. The molecule has 0 saturated carbocycles. The topological polar surface area (TPSA) is 77.4 Å². The van der Waals surface area contributed by atoms with Gasteiger partial charge in [-0.05, 0) is 59.1 Å². The molecule has 0 spiro atoms. The van der Waals surface area contributed by atoms with Gasteiger partial charge in [-0.3, -0.25) is 10.1 Å². The van der Waals surface area contributed by atoms with E-state index < -0.39 is 5.92 Å². The number of benzene rings is 2. The van der Waals surface area contributed by atoms with Crippen LogP contribution >= 0.6 is 15.9 Å². The first-order valence-corrected chi connectivity index (χ1v) is 9.61. The summed E-state index contributed by atoms with van der Waals surface area (Å²) >= 11 is 3.53. The van der Waals surface area contributed by atoms with E-state index in [4.69, 9.17) is 9.47 Å². The van der Waals surface area contributed by atoms with Crippen molar-refractivity contribution in [2.75, 3.05) is 19.8 Å². The summed E-state index contributed by atoms with van der Waals surface area (Å²) in [7, 11) is 0. The van der Waals surface area contributed by atoms with Crippen LogP contribution in [-0.2, 0) is 0 Å². The minimum absolute atomic E-state index is 0.214. The molecule has 1 aromatic heterocycles. The standard InChI is InChI=1S/C20H21BrN2O4/c1-3-26-19-10-13(9-17(21)20(19)27-4-2)16(12-23(24)25)15-11-22-18-8-6-5-7-14(15)18/h5-11,16,22H,3-4,12H2,1-2H3/t16-/m1/s1. The summed E-state index contributed by atoms with van der Waals surface area (Å²) < 4.78 is 12.1. The van der Waals surface area contributed by atoms with Crippen LogP contribution in [0, 0.1) is 10.1 Å². The first-order valence-electron chi connectivity index (χ1n) is 8.82. The molecule has 1 atom stereocenters. The summed E-state index contributed by atoms with van der Waals surface area (Å²) in [5.74, 6) is 0.779. The quantitative estimate of drug-likeness (QED) is 0.394. The highest BCUT2D eigenvalue weighted by Crippen LogP contribution is 2.41. The fourth-order valence-corrected chi connectivity index (χ4v) is 3.83. The molecule has 0 bridgehead atoms. The molecule has 3 rings (SSSR count). The lowest BCUT2D eigenvalue weighted by molar-refractivity contribution is -0.481. The molecule has 2 aromatic carbocycles. The minimum atomic E-state index is -0.415. The summed E-state index contributed by atoms with van der Waals surface area (Å²) in [6.07, 6.45) is 1.85. The molecule has 0 saturated heterocycles. The lowest BCUT2D eigenvalue weighted by atomic mass is 9.90. The van der Waals surface area contributed by atoms with Gasteiger partial charge < -0.3 is 14.5 Å². The van der Waals surface area contributed by atoms with Gasteiger partial charge in [0, 0.05) is 22.0 Å². The van der Waals surface area contributed by atoms with E-state index in [1.807, 2.05) is 56.4 Å². The number of nitrogens with zero attached hydrogens (tertiary/aromatic N) is 1. The largest absolute Gasteiger partial charge is 0.490 e. The summed E-state index contributed by atoms with van der Waals surface area (Å²) in [5, 5.41) is 12.4. The summed E-state index contributed by atoms with van der Waals surface area (Å²) in [4.78, 5) is 14.3. The van der Waals surface area contributed by atoms with Gasteiger partial charge in [0.1, 0.15) is 0 Å². The van der Waals surface area contributed by atoms with Crippen molar-refractivity contribution in [3.63, 3.8) is 0 Å². The third-order valence-electron chi connectivity index (χ3n) is 4.35. The van der Waals surface area contributed by atoms with E-state index in [1.54, 1.807) is 0 Å². The summed E-state index contributed by atoms with van der Waals surface area (Å²) in [6.45, 7) is 4.55. The number of fused-ring (bicyclic) bond motifs is 1. The predicted molar refractivity (Wildman–Crippen MR) is 108 cm³/mol. The maximum atomic E-state index is 11.4. The Balaban J connectivity index is 2.14. The van der Waals surface area contributed by atoms with Gasteiger partial charge in [0.25, 0.3) is 0 Å². The first kappa shape index (κ1) is 19.2. The number of hydrogen-bond acceptors (Lipinski definition) is 4. The number of aromatic amines is 1. The van der Waals surface area contributed by atoms with E-state index in [-0.39, 0.29) is 11.5 Å². The van der Waals surface area contributed by atoms with Crippen LogP contribution in [-0.4, -0.2) is 29.7 Å². The van der Waals surface area contributed by atoms with Crippen LogP contribution in [0.4, 0.5) is 0 Å². The van der Waals surface area contributed by atoms with Crippen molar-refractivity contribution >= 4 is 26.8 Å². The van der Waals surface area contributed by atoms with Gasteiger partial charge >= 0.3 is 0 Å². The van der Waals surface area contributed by atoms with Crippen LogP contribution in [0.5, 0.6) is 11.5 Å². The molecule has 0 aliphatic carbocycles. The van der Waals surface area contributed by atoms with Crippen molar-refractivity contribution in [3.8, 4) is 11.5 Å². The zero-order chi connectivity index (χ0) is 19.4. The highest BCUT2D eigenvalue weighted by atomic mass is 79.9. The lowest BCUT2D eigenvalue weighted by Gasteiger charge is -2.18. The van der Waals surface area contributed by atoms with Gasteiger partial charge in [-0.25, -0.2) is 0 Å². The van der Waals surface area contributed by atoms with Crippen molar-refractivity contribution < 1.29 is 14.4 Å². The number of rotatable bonds is 8. The summed E-state index contributed by atoms with van der Waals surface area (Å²) in [6, 6.07) is 11.5. The highest BCUT2D eigenvalue weighted by molar-refractivity contribution is 9.10. The molecule has 0 aliphatic rings. The average molecular weight is 433 g/mol. The Labute approximate surface area is 165 Å². The van der Waals surface area contributed by atoms with Crippen molar-refractivity contribution in [3.05, 3.63) is 68.3 Å². The van der Waals surface area contributed by atoms with Gasteiger partial charge in [-0.15, -0.1) is 0 Å². The fraction of sp³-hybridized carbons (Fsp3) is 0.300. The molecule has 27 heavy (non-hydrogen) atoms. The van der Waals surface area contributed by atoms with Crippen molar-refractivity contribution in [2.24, 2.45) is 0 Å². The van der Waals surface area contributed by atoms with E-state index in [0.29, 0.717) is 24.7 Å². The fourth-order valence-electron chi connectivity index (χ4n) is 3.25. The van der Waals surface area contributed by atoms with Crippen LogP contribution in [0.25, 0.3) is 10.9 Å². The van der Waals surface area contributed by atoms with E-state index in [2.05, 4.69) is 20.9 Å². The van der Waals surface area contributed by atoms with Gasteiger partial charge in [0.2, 0.25) is 6.54 Å². The van der Waals surface area contributed by atoms with E-state index in [9.17, 15) is 10.1 Å². The van der Waals surface area contributed by atoms with E-state index in [1.165, 1.54) is 0 Å². The number of aromatic nitrogens is 1. The molecule has 6 nitrogen and oxygen atoms in total. The van der Waals surface area contributed by atoms with Crippen LogP contribution in [0.1, 0.15) is 30.9 Å². The number of halogens is 1. The number of nitro groups is 1. The molecule has 3 aromatic rings. The molecule has 0 fully saturated rings. The van der Waals surface area contributed by atoms with Crippen LogP contribution in [0.3, 0.4) is 0 Å². The Kier molecular flexibility index (Phi) is 6.01. The second-order valence-corrected chi connectivity index (χ2v) is 6.91. The van der Waals surface area contributed by atoms with Crippen LogP contribution in [0.15, 0.2) is 47.1 Å². The van der Waals surface area contributed by atoms with Gasteiger partial charge in [0.05, 0.1) is 23.6 Å². The zero-order valence-electron chi connectivity index (χ0n) is 15.2. The smallest absolute Gasteiger partial charge is 0.214 e. The Morgan fingerprint density at radius 2 is 1.93 bits per heavy atom. The van der Waals surface area contributed by atoms with Gasteiger partial charge in [-0.1, -0.05) is 18.2 Å². The van der Waals surface area contributed by atoms with Crippen molar-refractivity contribution in [1.82, 2.24) is 4.98 Å². The monoisotopic (exact) mass is 432 g/mol. The Morgan fingerprint density at radius 1 is 1.19 bits per heavy atom. The second-order valence-electron chi connectivity index (χ2n) is 6.05. The molecule has 1 heterocycles. The third kappa shape index (κ3) is 4.08. The first-order chi connectivity index (χ1) is 13.0. The number of ether oxygens (including phenoxy) is 2. The minimum Gasteiger partial charge on any atom is -0.490 e. The van der Waals surface area contributed by atoms with Gasteiger partial charge in [-0.2, -0.15) is 0 Å². The molecule has 0 unspecified atom stereocenters. The second kappa shape index (κ2) is 8.43. The normalized spacial score (nSPS) is 12.1. The molecule has 7 heteroatoms. The van der Waals surface area contributed by atoms with Crippen molar-refractivity contribution in [1.29, 1.82) is 0 Å². The lowest BCUT2D eigenvalue weighted by Crippen LogP contribution is -2.14. The average Bonchev–Trinajstić information content (AvgIpc) is 3.06. The van der Waals surface area contributed by atoms with E-state index in [0.717, 1.165) is 26.5 Å². The third-order valence-corrected chi connectivity index (χ3v) is 4.94. The maximum absolute atomic E-state index is 11.4. The maximum Gasteiger partial charge on any atom is 0.214 e. The number of nitrogens with one attached hydrogen (secondary N) is 1. The van der Waals surface area contributed by atoms with Crippen LogP contribution in [0.2, 0.25) is 0 Å². The molecular weight excluding hydrogens is 412 g/mol.